The number of imidazole rings is 1. The summed E-state index contributed by atoms with van der Waals surface area (Å²) in [5.41, 5.74) is 4.99. The number of aryl methyl sites for hydroxylation is 1. The van der Waals surface area contributed by atoms with Crippen molar-refractivity contribution in [1.29, 1.82) is 0 Å². The number of aromatic nitrogens is 2. The number of ether oxygens (including phenoxy) is 1. The highest BCUT2D eigenvalue weighted by Gasteiger charge is 2.22. The van der Waals surface area contributed by atoms with Gasteiger partial charge in [0.25, 0.3) is 0 Å². The van der Waals surface area contributed by atoms with Gasteiger partial charge in [-0.2, -0.15) is 0 Å². The SMILES string of the molecule is CCCOC(=O)Nc1ccc(-c2nc([C@H](Cc3ccccc3)NC(=O)NCc3cc(Cl)ccc3CC)[nH]c2Cl)cc1. The Kier molecular flexibility index (Phi) is 10.6. The Balaban J connectivity index is 1.50. The van der Waals surface area contributed by atoms with E-state index in [1.807, 2.05) is 67.6 Å². The van der Waals surface area contributed by atoms with Crippen molar-refractivity contribution in [2.45, 2.75) is 45.7 Å². The average Bonchev–Trinajstić information content (AvgIpc) is 3.37. The van der Waals surface area contributed by atoms with Crippen molar-refractivity contribution >= 4 is 41.0 Å². The molecule has 41 heavy (non-hydrogen) atoms. The van der Waals surface area contributed by atoms with Crippen molar-refractivity contribution in [1.82, 2.24) is 20.6 Å². The third-order valence-corrected chi connectivity index (χ3v) is 6.94. The van der Waals surface area contributed by atoms with E-state index in [2.05, 4.69) is 27.9 Å². The normalized spacial score (nSPS) is 11.5. The molecule has 0 aliphatic heterocycles. The number of hydrogen-bond donors (Lipinski definition) is 4. The predicted molar refractivity (Wildman–Crippen MR) is 163 cm³/mol. The van der Waals surface area contributed by atoms with E-state index in [9.17, 15) is 9.59 Å². The van der Waals surface area contributed by atoms with Crippen LogP contribution in [0.15, 0.2) is 72.8 Å². The van der Waals surface area contributed by atoms with Crippen LogP contribution in [0.25, 0.3) is 11.3 Å². The minimum Gasteiger partial charge on any atom is -0.449 e. The predicted octanol–water partition coefficient (Wildman–Crippen LogP) is 7.69. The fourth-order valence-electron chi connectivity index (χ4n) is 4.34. The summed E-state index contributed by atoms with van der Waals surface area (Å²) in [7, 11) is 0. The van der Waals surface area contributed by atoms with Crippen molar-refractivity contribution < 1.29 is 14.3 Å². The summed E-state index contributed by atoms with van der Waals surface area (Å²) in [6, 6.07) is 21.8. The molecular formula is C31H33Cl2N5O3. The lowest BCUT2D eigenvalue weighted by atomic mass is 10.1. The molecule has 0 aliphatic rings. The Morgan fingerprint density at radius 2 is 1.73 bits per heavy atom. The van der Waals surface area contributed by atoms with Gasteiger partial charge in [-0.15, -0.1) is 0 Å². The molecule has 0 fully saturated rings. The van der Waals surface area contributed by atoms with Crippen molar-refractivity contribution in [3.05, 3.63) is 105 Å². The standard InChI is InChI=1S/C31H33Cl2N5O3/c1-3-16-41-31(40)35-25-14-11-22(12-15-25)27-28(33)38-29(37-27)26(17-20-8-6-5-7-9-20)36-30(39)34-19-23-18-24(32)13-10-21(23)4-2/h5-15,18,26H,3-4,16-17,19H2,1-2H3,(H,35,40)(H,37,38)(H2,34,36,39)/t26-/m0/s1. The molecule has 4 N–H and O–H groups in total. The molecule has 0 aliphatic carbocycles. The van der Waals surface area contributed by atoms with Crippen LogP contribution in [0.3, 0.4) is 0 Å². The first kappa shape index (κ1) is 30.0. The van der Waals surface area contributed by atoms with Crippen LogP contribution in [0.2, 0.25) is 10.2 Å². The molecule has 0 bridgehead atoms. The first-order valence-corrected chi connectivity index (χ1v) is 14.3. The second-order valence-electron chi connectivity index (χ2n) is 9.46. The molecule has 3 amide bonds. The minimum absolute atomic E-state index is 0.337. The number of benzene rings is 3. The second kappa shape index (κ2) is 14.6. The smallest absolute Gasteiger partial charge is 0.411 e. The molecule has 4 aromatic rings. The Labute approximate surface area is 249 Å². The molecule has 0 spiro atoms. The monoisotopic (exact) mass is 593 g/mol. The van der Waals surface area contributed by atoms with Crippen molar-refractivity contribution in [3.8, 4) is 11.3 Å². The molecule has 1 atom stereocenters. The number of halogens is 2. The molecule has 4 rings (SSSR count). The lowest BCUT2D eigenvalue weighted by molar-refractivity contribution is 0.161. The maximum atomic E-state index is 13.1. The van der Waals surface area contributed by atoms with Gasteiger partial charge in [0.15, 0.2) is 0 Å². The van der Waals surface area contributed by atoms with E-state index in [1.165, 1.54) is 0 Å². The molecule has 1 aromatic heterocycles. The van der Waals surface area contributed by atoms with E-state index >= 15 is 0 Å². The molecule has 1 heterocycles. The first-order valence-electron chi connectivity index (χ1n) is 13.5. The van der Waals surface area contributed by atoms with Crippen LogP contribution in [-0.4, -0.2) is 28.7 Å². The number of carbonyl (C=O) groups excluding carboxylic acids is 2. The number of aromatic amines is 1. The number of amides is 3. The van der Waals surface area contributed by atoms with Crippen LogP contribution >= 0.6 is 23.2 Å². The third-order valence-electron chi connectivity index (χ3n) is 6.43. The van der Waals surface area contributed by atoms with Gasteiger partial charge in [-0.3, -0.25) is 5.32 Å². The van der Waals surface area contributed by atoms with Gasteiger partial charge in [0.2, 0.25) is 0 Å². The number of anilines is 1. The van der Waals surface area contributed by atoms with Gasteiger partial charge in [-0.25, -0.2) is 14.6 Å². The second-order valence-corrected chi connectivity index (χ2v) is 10.3. The fraction of sp³-hybridized carbons (Fsp3) is 0.258. The summed E-state index contributed by atoms with van der Waals surface area (Å²) in [5.74, 6) is 0.520. The third kappa shape index (κ3) is 8.49. The highest BCUT2D eigenvalue weighted by Crippen LogP contribution is 2.29. The van der Waals surface area contributed by atoms with Crippen LogP contribution in [0.1, 0.15) is 48.8 Å². The van der Waals surface area contributed by atoms with Gasteiger partial charge in [0, 0.05) is 22.8 Å². The largest absolute Gasteiger partial charge is 0.449 e. The van der Waals surface area contributed by atoms with Gasteiger partial charge in [-0.05, 0) is 60.2 Å². The van der Waals surface area contributed by atoms with Gasteiger partial charge >= 0.3 is 12.1 Å². The van der Waals surface area contributed by atoms with Crippen LogP contribution in [0.5, 0.6) is 0 Å². The number of nitrogens with one attached hydrogen (secondary N) is 4. The van der Waals surface area contributed by atoms with E-state index in [0.29, 0.717) is 47.0 Å². The molecule has 3 aromatic carbocycles. The van der Waals surface area contributed by atoms with E-state index in [-0.39, 0.29) is 6.03 Å². The zero-order valence-electron chi connectivity index (χ0n) is 23.0. The fourth-order valence-corrected chi connectivity index (χ4v) is 4.78. The number of nitrogens with zero attached hydrogens (tertiary/aromatic N) is 1. The Hall–Kier alpha value is -4.01. The van der Waals surface area contributed by atoms with Crippen LogP contribution in [0.4, 0.5) is 15.3 Å². The van der Waals surface area contributed by atoms with Crippen LogP contribution < -0.4 is 16.0 Å². The molecular weight excluding hydrogens is 561 g/mol. The van der Waals surface area contributed by atoms with Gasteiger partial charge in [-0.1, -0.05) is 85.6 Å². The molecule has 10 heteroatoms. The highest BCUT2D eigenvalue weighted by atomic mass is 35.5. The lowest BCUT2D eigenvalue weighted by Crippen LogP contribution is -2.39. The number of H-pyrrole nitrogens is 1. The minimum atomic E-state index is -0.505. The number of rotatable bonds is 11. The molecule has 214 valence electrons. The maximum Gasteiger partial charge on any atom is 0.411 e. The zero-order chi connectivity index (χ0) is 29.2. The average molecular weight is 595 g/mol. The number of hydrogen-bond acceptors (Lipinski definition) is 4. The zero-order valence-corrected chi connectivity index (χ0v) is 24.5. The van der Waals surface area contributed by atoms with Crippen LogP contribution in [0, 0.1) is 0 Å². The number of urea groups is 1. The first-order chi connectivity index (χ1) is 19.9. The molecule has 0 unspecified atom stereocenters. The van der Waals surface area contributed by atoms with Gasteiger partial charge < -0.3 is 20.4 Å². The van der Waals surface area contributed by atoms with E-state index < -0.39 is 12.1 Å². The molecule has 0 radical (unpaired) electrons. The highest BCUT2D eigenvalue weighted by molar-refractivity contribution is 6.32. The molecule has 0 saturated heterocycles. The van der Waals surface area contributed by atoms with Gasteiger partial charge in [0.1, 0.15) is 16.7 Å². The van der Waals surface area contributed by atoms with Crippen molar-refractivity contribution in [2.24, 2.45) is 0 Å². The van der Waals surface area contributed by atoms with Gasteiger partial charge in [0.05, 0.1) is 12.6 Å². The van der Waals surface area contributed by atoms with E-state index in [1.54, 1.807) is 12.1 Å². The summed E-state index contributed by atoms with van der Waals surface area (Å²) >= 11 is 12.8. The summed E-state index contributed by atoms with van der Waals surface area (Å²) in [5, 5.41) is 9.65. The molecule has 0 saturated carbocycles. The molecule has 8 nitrogen and oxygen atoms in total. The summed E-state index contributed by atoms with van der Waals surface area (Å²) in [4.78, 5) is 32.8. The Morgan fingerprint density at radius 3 is 2.44 bits per heavy atom. The summed E-state index contributed by atoms with van der Waals surface area (Å²) < 4.78 is 5.06. The summed E-state index contributed by atoms with van der Waals surface area (Å²) in [6.45, 7) is 4.68. The lowest BCUT2D eigenvalue weighted by Gasteiger charge is -2.18. The van der Waals surface area contributed by atoms with Crippen molar-refractivity contribution in [2.75, 3.05) is 11.9 Å². The number of carbonyl (C=O) groups is 2. The van der Waals surface area contributed by atoms with E-state index in [4.69, 9.17) is 32.9 Å². The van der Waals surface area contributed by atoms with Crippen LogP contribution in [-0.2, 0) is 24.1 Å². The Bertz CT molecular complexity index is 1460. The topological polar surface area (TPSA) is 108 Å². The van der Waals surface area contributed by atoms with E-state index in [0.717, 1.165) is 35.1 Å². The maximum absolute atomic E-state index is 13.1. The quantitative estimate of drug-likeness (QED) is 0.143. The van der Waals surface area contributed by atoms with Crippen molar-refractivity contribution in [3.63, 3.8) is 0 Å². The Morgan fingerprint density at radius 1 is 0.976 bits per heavy atom. The summed E-state index contributed by atoms with van der Waals surface area (Å²) in [6.07, 6.45) is 1.57.